The van der Waals surface area contributed by atoms with Crippen molar-refractivity contribution in [3.63, 3.8) is 0 Å². The maximum atomic E-state index is 12.9. The topological polar surface area (TPSA) is 33.5 Å². The zero-order chi connectivity index (χ0) is 15.2. The standard InChI is InChI=1S/C17H23NO2S2/c1-12-14-13(6-5-7-17(14)21-10-11-22-17)20-15(12)16(19)18-8-3-2-4-9-18/h2-11H2,1H3. The van der Waals surface area contributed by atoms with Gasteiger partial charge in [-0.2, -0.15) is 0 Å². The molecule has 0 unspecified atom stereocenters. The van der Waals surface area contributed by atoms with Gasteiger partial charge < -0.3 is 9.32 Å². The van der Waals surface area contributed by atoms with Crippen LogP contribution in [0.1, 0.15) is 59.5 Å². The van der Waals surface area contributed by atoms with Gasteiger partial charge in [0.2, 0.25) is 0 Å². The van der Waals surface area contributed by atoms with Crippen molar-refractivity contribution in [2.75, 3.05) is 24.6 Å². The Hall–Kier alpha value is -0.550. The number of nitrogens with zero attached hydrogens (tertiary/aromatic N) is 1. The smallest absolute Gasteiger partial charge is 0.289 e. The van der Waals surface area contributed by atoms with Gasteiger partial charge in [0, 0.05) is 42.1 Å². The van der Waals surface area contributed by atoms with E-state index in [1.807, 2.05) is 4.90 Å². The molecule has 0 atom stereocenters. The molecule has 1 aromatic rings. The Balaban J connectivity index is 1.70. The molecule has 5 heteroatoms. The van der Waals surface area contributed by atoms with Gasteiger partial charge in [-0.25, -0.2) is 0 Å². The van der Waals surface area contributed by atoms with E-state index in [2.05, 4.69) is 30.4 Å². The van der Waals surface area contributed by atoms with Crippen LogP contribution in [-0.4, -0.2) is 35.4 Å². The third kappa shape index (κ3) is 2.32. The molecule has 2 aliphatic heterocycles. The highest BCUT2D eigenvalue weighted by atomic mass is 32.2. The van der Waals surface area contributed by atoms with E-state index in [-0.39, 0.29) is 9.99 Å². The second-order valence-electron chi connectivity index (χ2n) is 6.51. The first kappa shape index (κ1) is 15.0. The molecule has 0 N–H and O–H groups in total. The van der Waals surface area contributed by atoms with Crippen molar-refractivity contribution in [2.24, 2.45) is 0 Å². The predicted octanol–water partition coefficient (Wildman–Crippen LogP) is 4.18. The summed E-state index contributed by atoms with van der Waals surface area (Å²) >= 11 is 4.12. The third-order valence-electron chi connectivity index (χ3n) is 5.10. The fourth-order valence-corrected chi connectivity index (χ4v) is 7.60. The number of furan rings is 1. The first-order valence-electron chi connectivity index (χ1n) is 8.41. The number of likely N-dealkylation sites (tertiary alicyclic amines) is 1. The minimum atomic E-state index is 0.120. The van der Waals surface area contributed by atoms with Crippen LogP contribution < -0.4 is 0 Å². The average molecular weight is 338 g/mol. The van der Waals surface area contributed by atoms with E-state index in [0.29, 0.717) is 5.76 Å². The maximum absolute atomic E-state index is 12.9. The Morgan fingerprint density at radius 1 is 1.14 bits per heavy atom. The molecule has 2 saturated heterocycles. The van der Waals surface area contributed by atoms with E-state index in [4.69, 9.17) is 4.42 Å². The van der Waals surface area contributed by atoms with Crippen LogP contribution in [0.3, 0.4) is 0 Å². The summed E-state index contributed by atoms with van der Waals surface area (Å²) in [6, 6.07) is 0. The van der Waals surface area contributed by atoms with Gasteiger partial charge in [-0.1, -0.05) is 0 Å². The Bertz CT molecular complexity index is 584. The second kappa shape index (κ2) is 5.82. The summed E-state index contributed by atoms with van der Waals surface area (Å²) in [6.07, 6.45) is 6.88. The van der Waals surface area contributed by atoms with Gasteiger partial charge in [0.05, 0.1) is 4.08 Å². The minimum absolute atomic E-state index is 0.120. The second-order valence-corrected chi connectivity index (χ2v) is 9.56. The summed E-state index contributed by atoms with van der Waals surface area (Å²) in [5.41, 5.74) is 2.47. The number of aryl methyl sites for hydroxylation is 1. The van der Waals surface area contributed by atoms with Crippen LogP contribution in [0.15, 0.2) is 4.42 Å². The van der Waals surface area contributed by atoms with Crippen LogP contribution in [0.5, 0.6) is 0 Å². The van der Waals surface area contributed by atoms with Gasteiger partial charge in [-0.3, -0.25) is 4.79 Å². The lowest BCUT2D eigenvalue weighted by molar-refractivity contribution is 0.0689. The summed E-state index contributed by atoms with van der Waals surface area (Å²) in [5.74, 6) is 4.26. The van der Waals surface area contributed by atoms with Crippen LogP contribution in [-0.2, 0) is 10.5 Å². The Kier molecular flexibility index (Phi) is 3.97. The lowest BCUT2D eigenvalue weighted by atomic mass is 9.93. The number of hydrogen-bond acceptors (Lipinski definition) is 4. The van der Waals surface area contributed by atoms with Crippen LogP contribution in [0.25, 0.3) is 0 Å². The van der Waals surface area contributed by atoms with Crippen molar-refractivity contribution < 1.29 is 9.21 Å². The lowest BCUT2D eigenvalue weighted by Gasteiger charge is -2.31. The average Bonchev–Trinajstić information content (AvgIpc) is 3.14. The monoisotopic (exact) mass is 337 g/mol. The molecule has 0 bridgehead atoms. The highest BCUT2D eigenvalue weighted by Crippen LogP contribution is 2.59. The van der Waals surface area contributed by atoms with E-state index >= 15 is 0 Å². The molecular weight excluding hydrogens is 314 g/mol. The summed E-state index contributed by atoms with van der Waals surface area (Å²) in [7, 11) is 0. The van der Waals surface area contributed by atoms with Crippen molar-refractivity contribution in [3.8, 4) is 0 Å². The summed E-state index contributed by atoms with van der Waals surface area (Å²) in [5, 5.41) is 0. The number of carbonyl (C=O) groups excluding carboxylic acids is 1. The van der Waals surface area contributed by atoms with Crippen molar-refractivity contribution in [1.82, 2.24) is 4.90 Å². The first-order valence-corrected chi connectivity index (χ1v) is 10.4. The summed E-state index contributed by atoms with van der Waals surface area (Å²) in [4.78, 5) is 14.8. The predicted molar refractivity (Wildman–Crippen MR) is 92.7 cm³/mol. The van der Waals surface area contributed by atoms with E-state index < -0.39 is 0 Å². The van der Waals surface area contributed by atoms with E-state index in [1.165, 1.54) is 36.3 Å². The molecule has 1 spiro atoms. The van der Waals surface area contributed by atoms with Crippen LogP contribution in [0, 0.1) is 6.92 Å². The Morgan fingerprint density at radius 3 is 2.59 bits per heavy atom. The molecule has 0 aromatic carbocycles. The molecule has 3 heterocycles. The summed E-state index contributed by atoms with van der Waals surface area (Å²) < 4.78 is 6.29. The molecule has 1 aromatic heterocycles. The number of amides is 1. The van der Waals surface area contributed by atoms with Crippen LogP contribution in [0.2, 0.25) is 0 Å². The normalized spacial score (nSPS) is 23.8. The van der Waals surface area contributed by atoms with Gasteiger partial charge in [-0.15, -0.1) is 23.5 Å². The van der Waals surface area contributed by atoms with Crippen molar-refractivity contribution in [1.29, 1.82) is 0 Å². The Labute approximate surface area is 140 Å². The number of fused-ring (bicyclic) bond motifs is 2. The number of rotatable bonds is 1. The third-order valence-corrected chi connectivity index (χ3v) is 8.63. The SMILES string of the molecule is Cc1c(C(=O)N2CCCCC2)oc2c1C1(CCC2)SCCS1. The van der Waals surface area contributed by atoms with Crippen molar-refractivity contribution in [3.05, 3.63) is 22.6 Å². The Morgan fingerprint density at radius 2 is 1.86 bits per heavy atom. The number of hydrogen-bond donors (Lipinski definition) is 0. The molecule has 3 nitrogen and oxygen atoms in total. The largest absolute Gasteiger partial charge is 0.455 e. The molecule has 22 heavy (non-hydrogen) atoms. The molecular formula is C17H23NO2S2. The highest BCUT2D eigenvalue weighted by Gasteiger charge is 2.45. The van der Waals surface area contributed by atoms with Gasteiger partial charge >= 0.3 is 0 Å². The fraction of sp³-hybridized carbons (Fsp3) is 0.706. The molecule has 2 fully saturated rings. The molecule has 1 aliphatic carbocycles. The van der Waals surface area contributed by atoms with Gasteiger partial charge in [-0.05, 0) is 39.0 Å². The molecule has 0 radical (unpaired) electrons. The van der Waals surface area contributed by atoms with Gasteiger partial charge in [0.25, 0.3) is 5.91 Å². The van der Waals surface area contributed by atoms with E-state index in [0.717, 1.165) is 43.7 Å². The number of thioether (sulfide) groups is 2. The quantitative estimate of drug-likeness (QED) is 0.769. The number of carbonyl (C=O) groups is 1. The number of piperidine rings is 1. The van der Waals surface area contributed by atoms with Crippen LogP contribution >= 0.6 is 23.5 Å². The molecule has 1 amide bonds. The maximum Gasteiger partial charge on any atom is 0.289 e. The van der Waals surface area contributed by atoms with Gasteiger partial charge in [0.15, 0.2) is 5.76 Å². The van der Waals surface area contributed by atoms with E-state index in [9.17, 15) is 4.79 Å². The lowest BCUT2D eigenvalue weighted by Crippen LogP contribution is -2.35. The van der Waals surface area contributed by atoms with Crippen molar-refractivity contribution in [2.45, 2.75) is 49.5 Å². The minimum Gasteiger partial charge on any atom is -0.455 e. The van der Waals surface area contributed by atoms with E-state index in [1.54, 1.807) is 0 Å². The zero-order valence-corrected chi connectivity index (χ0v) is 14.8. The first-order chi connectivity index (χ1) is 10.7. The highest BCUT2D eigenvalue weighted by molar-refractivity contribution is 8.20. The molecule has 120 valence electrons. The van der Waals surface area contributed by atoms with Crippen LogP contribution in [0.4, 0.5) is 0 Å². The van der Waals surface area contributed by atoms with Gasteiger partial charge in [0.1, 0.15) is 5.76 Å². The molecule has 0 saturated carbocycles. The van der Waals surface area contributed by atoms with Crippen molar-refractivity contribution >= 4 is 29.4 Å². The molecule has 4 rings (SSSR count). The summed E-state index contributed by atoms with van der Waals surface area (Å²) in [6.45, 7) is 3.88. The zero-order valence-electron chi connectivity index (χ0n) is 13.2. The fourth-order valence-electron chi connectivity index (χ4n) is 4.04. The molecule has 3 aliphatic rings.